The summed E-state index contributed by atoms with van der Waals surface area (Å²) in [4.78, 5) is 38.7. The van der Waals surface area contributed by atoms with E-state index in [0.29, 0.717) is 37.1 Å². The highest BCUT2D eigenvalue weighted by atomic mass is 16.2. The van der Waals surface area contributed by atoms with Crippen LogP contribution in [-0.4, -0.2) is 48.3 Å². The van der Waals surface area contributed by atoms with Crippen molar-refractivity contribution >= 4 is 17.7 Å². The highest BCUT2D eigenvalue weighted by Crippen LogP contribution is 2.12. The fraction of sp³-hybridized carbons (Fsp3) is 0.348. The molecule has 1 aliphatic heterocycles. The summed E-state index contributed by atoms with van der Waals surface area (Å²) in [5.41, 5.74) is 3.37. The molecule has 6 heteroatoms. The molecular formula is C23H27N3O3. The van der Waals surface area contributed by atoms with E-state index in [-0.39, 0.29) is 30.3 Å². The van der Waals surface area contributed by atoms with Crippen molar-refractivity contribution in [3.8, 4) is 0 Å². The molecule has 2 aromatic carbocycles. The number of hydrogen-bond donors (Lipinski definition) is 2. The minimum absolute atomic E-state index is 0.0210. The number of piperidine rings is 1. The van der Waals surface area contributed by atoms with Crippen LogP contribution in [0.4, 0.5) is 0 Å². The third-order valence-electron chi connectivity index (χ3n) is 5.39. The van der Waals surface area contributed by atoms with Gasteiger partial charge in [0.25, 0.3) is 11.8 Å². The lowest BCUT2D eigenvalue weighted by Crippen LogP contribution is -2.49. The molecule has 0 saturated carbocycles. The standard InChI is InChI=1S/C23H27N3O3/c1-16-8-9-19(14-17(16)2)22(28)24-15-21(27)26-12-10-20(11-13-26)25-23(29)18-6-4-3-5-7-18/h3-9,14,20H,10-13,15H2,1-2H3,(H,24,28)(H,25,29). The van der Waals surface area contributed by atoms with E-state index < -0.39 is 0 Å². The van der Waals surface area contributed by atoms with Gasteiger partial charge >= 0.3 is 0 Å². The summed E-state index contributed by atoms with van der Waals surface area (Å²) >= 11 is 0. The van der Waals surface area contributed by atoms with Crippen LogP contribution in [0.1, 0.15) is 44.7 Å². The zero-order chi connectivity index (χ0) is 20.8. The van der Waals surface area contributed by atoms with Gasteiger partial charge in [0.05, 0.1) is 6.54 Å². The van der Waals surface area contributed by atoms with Crippen LogP contribution in [0.3, 0.4) is 0 Å². The van der Waals surface area contributed by atoms with E-state index in [1.54, 1.807) is 23.1 Å². The smallest absolute Gasteiger partial charge is 0.251 e. The monoisotopic (exact) mass is 393 g/mol. The minimum Gasteiger partial charge on any atom is -0.349 e. The molecule has 2 N–H and O–H groups in total. The zero-order valence-corrected chi connectivity index (χ0v) is 16.9. The average molecular weight is 393 g/mol. The largest absolute Gasteiger partial charge is 0.349 e. The second-order valence-electron chi connectivity index (χ2n) is 7.48. The Morgan fingerprint density at radius 3 is 2.24 bits per heavy atom. The van der Waals surface area contributed by atoms with Crippen LogP contribution in [0.15, 0.2) is 48.5 Å². The lowest BCUT2D eigenvalue weighted by molar-refractivity contribution is -0.131. The number of nitrogens with zero attached hydrogens (tertiary/aromatic N) is 1. The van der Waals surface area contributed by atoms with Crippen molar-refractivity contribution < 1.29 is 14.4 Å². The number of amides is 3. The molecule has 3 rings (SSSR count). The van der Waals surface area contributed by atoms with E-state index in [2.05, 4.69) is 10.6 Å². The SMILES string of the molecule is Cc1ccc(C(=O)NCC(=O)N2CCC(NC(=O)c3ccccc3)CC2)cc1C. The van der Waals surface area contributed by atoms with Crippen molar-refractivity contribution in [3.63, 3.8) is 0 Å². The first-order valence-corrected chi connectivity index (χ1v) is 9.93. The number of aryl methyl sites for hydroxylation is 2. The van der Waals surface area contributed by atoms with Crippen LogP contribution in [-0.2, 0) is 4.79 Å². The van der Waals surface area contributed by atoms with Crippen LogP contribution in [0.5, 0.6) is 0 Å². The summed E-state index contributed by atoms with van der Waals surface area (Å²) in [5.74, 6) is -0.433. The normalized spacial score (nSPS) is 14.3. The van der Waals surface area contributed by atoms with Crippen molar-refractivity contribution in [2.75, 3.05) is 19.6 Å². The van der Waals surface area contributed by atoms with E-state index in [0.717, 1.165) is 11.1 Å². The van der Waals surface area contributed by atoms with E-state index in [4.69, 9.17) is 0 Å². The lowest BCUT2D eigenvalue weighted by Gasteiger charge is -2.32. The molecule has 2 aromatic rings. The molecule has 0 unspecified atom stereocenters. The van der Waals surface area contributed by atoms with Gasteiger partial charge in [-0.2, -0.15) is 0 Å². The molecule has 29 heavy (non-hydrogen) atoms. The maximum atomic E-state index is 12.4. The molecule has 0 atom stereocenters. The molecule has 152 valence electrons. The summed E-state index contributed by atoms with van der Waals surface area (Å²) in [6, 6.07) is 14.7. The Kier molecular flexibility index (Phi) is 6.65. The third kappa shape index (κ3) is 5.44. The second kappa shape index (κ2) is 9.37. The topological polar surface area (TPSA) is 78.5 Å². The minimum atomic E-state index is -0.244. The fourth-order valence-corrected chi connectivity index (χ4v) is 3.38. The van der Waals surface area contributed by atoms with Crippen molar-refractivity contribution in [2.24, 2.45) is 0 Å². The molecule has 3 amide bonds. The molecular weight excluding hydrogens is 366 g/mol. The number of carbonyl (C=O) groups is 3. The molecule has 6 nitrogen and oxygen atoms in total. The van der Waals surface area contributed by atoms with E-state index in [1.165, 1.54) is 0 Å². The van der Waals surface area contributed by atoms with Gasteiger partial charge in [0.1, 0.15) is 0 Å². The maximum absolute atomic E-state index is 12.4. The second-order valence-corrected chi connectivity index (χ2v) is 7.48. The number of benzene rings is 2. The molecule has 1 aliphatic rings. The predicted molar refractivity (Wildman–Crippen MR) is 112 cm³/mol. The molecule has 0 aromatic heterocycles. The van der Waals surface area contributed by atoms with Crippen molar-refractivity contribution in [2.45, 2.75) is 32.7 Å². The Morgan fingerprint density at radius 2 is 1.59 bits per heavy atom. The highest BCUT2D eigenvalue weighted by Gasteiger charge is 2.24. The number of hydrogen-bond acceptors (Lipinski definition) is 3. The summed E-state index contributed by atoms with van der Waals surface area (Å²) < 4.78 is 0. The van der Waals surface area contributed by atoms with Crippen LogP contribution in [0.25, 0.3) is 0 Å². The Labute approximate surface area is 171 Å². The fourth-order valence-electron chi connectivity index (χ4n) is 3.38. The van der Waals surface area contributed by atoms with Gasteiger partial charge in [0.2, 0.25) is 5.91 Å². The van der Waals surface area contributed by atoms with Crippen molar-refractivity contribution in [1.29, 1.82) is 0 Å². The maximum Gasteiger partial charge on any atom is 0.251 e. The molecule has 0 radical (unpaired) electrons. The zero-order valence-electron chi connectivity index (χ0n) is 16.9. The van der Waals surface area contributed by atoms with Crippen LogP contribution in [0.2, 0.25) is 0 Å². The number of rotatable bonds is 5. The number of nitrogens with one attached hydrogen (secondary N) is 2. The Balaban J connectivity index is 1.43. The van der Waals surface area contributed by atoms with Gasteiger partial charge in [0, 0.05) is 30.3 Å². The van der Waals surface area contributed by atoms with E-state index in [1.807, 2.05) is 44.2 Å². The number of carbonyl (C=O) groups excluding carboxylic acids is 3. The van der Waals surface area contributed by atoms with Gasteiger partial charge in [0.15, 0.2) is 0 Å². The molecule has 1 saturated heterocycles. The molecule has 1 fully saturated rings. The summed E-state index contributed by atoms with van der Waals surface area (Å²) in [7, 11) is 0. The predicted octanol–water partition coefficient (Wildman–Crippen LogP) is 2.45. The van der Waals surface area contributed by atoms with Gasteiger partial charge in [-0.05, 0) is 62.1 Å². The summed E-state index contributed by atoms with van der Waals surface area (Å²) in [5, 5.41) is 5.74. The first-order valence-electron chi connectivity index (χ1n) is 9.93. The first-order chi connectivity index (χ1) is 13.9. The molecule has 0 spiro atoms. The van der Waals surface area contributed by atoms with Crippen LogP contribution < -0.4 is 10.6 Å². The Hall–Kier alpha value is -3.15. The van der Waals surface area contributed by atoms with Gasteiger partial charge < -0.3 is 15.5 Å². The lowest BCUT2D eigenvalue weighted by atomic mass is 10.0. The summed E-state index contributed by atoms with van der Waals surface area (Å²) in [6.45, 7) is 5.06. The van der Waals surface area contributed by atoms with E-state index >= 15 is 0 Å². The van der Waals surface area contributed by atoms with Gasteiger partial charge in [-0.25, -0.2) is 0 Å². The van der Waals surface area contributed by atoms with E-state index in [9.17, 15) is 14.4 Å². The first kappa shape index (κ1) is 20.6. The van der Waals surface area contributed by atoms with Crippen LogP contribution in [0, 0.1) is 13.8 Å². The highest BCUT2D eigenvalue weighted by molar-refractivity contribution is 5.96. The Morgan fingerprint density at radius 1 is 0.897 bits per heavy atom. The van der Waals surface area contributed by atoms with Crippen LogP contribution >= 0.6 is 0 Å². The average Bonchev–Trinajstić information content (AvgIpc) is 2.74. The quantitative estimate of drug-likeness (QED) is 0.819. The van der Waals surface area contributed by atoms with Gasteiger partial charge in [-0.3, -0.25) is 14.4 Å². The summed E-state index contributed by atoms with van der Waals surface area (Å²) in [6.07, 6.45) is 1.41. The molecule has 0 bridgehead atoms. The number of likely N-dealkylation sites (tertiary alicyclic amines) is 1. The Bertz CT molecular complexity index is 887. The van der Waals surface area contributed by atoms with Gasteiger partial charge in [-0.1, -0.05) is 24.3 Å². The molecule has 0 aliphatic carbocycles. The third-order valence-corrected chi connectivity index (χ3v) is 5.39. The molecule has 1 heterocycles. The van der Waals surface area contributed by atoms with Crippen molar-refractivity contribution in [3.05, 3.63) is 70.8 Å². The van der Waals surface area contributed by atoms with Crippen molar-refractivity contribution in [1.82, 2.24) is 15.5 Å². The van der Waals surface area contributed by atoms with Gasteiger partial charge in [-0.15, -0.1) is 0 Å².